The Labute approximate surface area is 136 Å². The molecule has 1 unspecified atom stereocenters. The summed E-state index contributed by atoms with van der Waals surface area (Å²) in [5.74, 6) is -2.49. The highest BCUT2D eigenvalue weighted by molar-refractivity contribution is 5.92. The zero-order valence-electron chi connectivity index (χ0n) is 12.8. The second-order valence-electron chi connectivity index (χ2n) is 6.68. The first-order chi connectivity index (χ1) is 11.5. The molecule has 2 aromatic rings. The van der Waals surface area contributed by atoms with Crippen molar-refractivity contribution < 1.29 is 23.2 Å². The van der Waals surface area contributed by atoms with Crippen LogP contribution in [0.4, 0.5) is 8.78 Å². The molecule has 1 saturated carbocycles. The molecule has 1 aliphatic carbocycles. The minimum absolute atomic E-state index is 0.0205. The summed E-state index contributed by atoms with van der Waals surface area (Å²) >= 11 is 0. The van der Waals surface area contributed by atoms with Crippen LogP contribution in [0.2, 0.25) is 0 Å². The number of aromatic hydroxyl groups is 1. The van der Waals surface area contributed by atoms with Crippen LogP contribution in [-0.2, 0) is 0 Å². The van der Waals surface area contributed by atoms with Gasteiger partial charge in [0, 0.05) is 19.0 Å². The number of hydrogen-bond donors (Lipinski definition) is 1. The Hall–Kier alpha value is -2.44. The van der Waals surface area contributed by atoms with Gasteiger partial charge in [-0.05, 0) is 41.1 Å². The van der Waals surface area contributed by atoms with Gasteiger partial charge >= 0.3 is 0 Å². The number of carbonyl (C=O) groups excluding carboxylic acids is 1. The predicted molar refractivity (Wildman–Crippen MR) is 79.5 cm³/mol. The molecule has 126 valence electrons. The Kier molecular flexibility index (Phi) is 3.33. The average molecular weight is 334 g/mol. The zero-order chi connectivity index (χ0) is 16.9. The van der Waals surface area contributed by atoms with Gasteiger partial charge in [-0.3, -0.25) is 4.79 Å². The van der Waals surface area contributed by atoms with E-state index >= 15 is 0 Å². The van der Waals surface area contributed by atoms with E-state index in [0.29, 0.717) is 18.7 Å². The Morgan fingerprint density at radius 3 is 2.67 bits per heavy atom. The van der Waals surface area contributed by atoms with Gasteiger partial charge in [0.2, 0.25) is 5.76 Å². The summed E-state index contributed by atoms with van der Waals surface area (Å²) < 4.78 is 31.7. The fraction of sp³-hybridized carbons (Fsp3) is 0.412. The molecule has 5 nitrogen and oxygen atoms in total. The number of nitrogens with zero attached hydrogens (tertiary/aromatic N) is 2. The quantitative estimate of drug-likeness (QED) is 0.916. The normalized spacial score (nSPS) is 21.9. The summed E-state index contributed by atoms with van der Waals surface area (Å²) in [7, 11) is 0. The molecule has 2 fully saturated rings. The Bertz CT molecular complexity index is 801. The average Bonchev–Trinajstić information content (AvgIpc) is 3.13. The van der Waals surface area contributed by atoms with Crippen molar-refractivity contribution in [1.29, 1.82) is 0 Å². The third-order valence-corrected chi connectivity index (χ3v) is 5.34. The molecule has 2 heterocycles. The topological polar surface area (TPSA) is 66.6 Å². The van der Waals surface area contributed by atoms with Gasteiger partial charge in [-0.15, -0.1) is 0 Å². The number of rotatable bonds is 2. The van der Waals surface area contributed by atoms with Crippen molar-refractivity contribution in [2.45, 2.75) is 25.2 Å². The van der Waals surface area contributed by atoms with Crippen LogP contribution in [0.1, 0.15) is 41.3 Å². The minimum Gasteiger partial charge on any atom is -0.491 e. The minimum atomic E-state index is -0.871. The van der Waals surface area contributed by atoms with Gasteiger partial charge in [0.05, 0.1) is 6.07 Å². The lowest BCUT2D eigenvalue weighted by Crippen LogP contribution is -2.37. The van der Waals surface area contributed by atoms with Gasteiger partial charge in [-0.1, -0.05) is 12.5 Å². The van der Waals surface area contributed by atoms with E-state index in [4.69, 9.17) is 4.52 Å². The first-order valence-electron chi connectivity index (χ1n) is 7.88. The third kappa shape index (κ3) is 2.26. The molecule has 1 saturated heterocycles. The van der Waals surface area contributed by atoms with Crippen LogP contribution in [0.15, 0.2) is 28.8 Å². The fourth-order valence-electron chi connectivity index (χ4n) is 3.97. The highest BCUT2D eigenvalue weighted by Gasteiger charge is 2.52. The van der Waals surface area contributed by atoms with Crippen molar-refractivity contribution in [3.8, 4) is 5.88 Å². The maximum absolute atomic E-state index is 13.6. The van der Waals surface area contributed by atoms with Crippen LogP contribution < -0.4 is 0 Å². The van der Waals surface area contributed by atoms with Crippen molar-refractivity contribution >= 4 is 5.91 Å². The van der Waals surface area contributed by atoms with Crippen LogP contribution in [0.3, 0.4) is 0 Å². The summed E-state index contributed by atoms with van der Waals surface area (Å²) in [6.07, 6.45) is 2.95. The monoisotopic (exact) mass is 334 g/mol. The van der Waals surface area contributed by atoms with Crippen molar-refractivity contribution in [1.82, 2.24) is 10.1 Å². The lowest BCUT2D eigenvalue weighted by Gasteiger charge is -2.43. The number of hydrogen-bond acceptors (Lipinski definition) is 4. The molecular weight excluding hydrogens is 318 g/mol. The zero-order valence-corrected chi connectivity index (χ0v) is 12.8. The number of benzene rings is 1. The lowest BCUT2D eigenvalue weighted by molar-refractivity contribution is 0.0686. The molecule has 1 amide bonds. The van der Waals surface area contributed by atoms with Crippen molar-refractivity contribution in [2.75, 3.05) is 13.1 Å². The van der Waals surface area contributed by atoms with Gasteiger partial charge in [0.15, 0.2) is 11.6 Å². The molecule has 1 aliphatic heterocycles. The van der Waals surface area contributed by atoms with Crippen LogP contribution in [0.25, 0.3) is 0 Å². The molecule has 1 atom stereocenters. The van der Waals surface area contributed by atoms with Crippen LogP contribution in [-0.4, -0.2) is 34.2 Å². The summed E-state index contributed by atoms with van der Waals surface area (Å²) in [6.45, 7) is 0.947. The molecule has 0 bridgehead atoms. The molecular formula is C17H16F2N2O3. The van der Waals surface area contributed by atoms with Gasteiger partial charge in [-0.2, -0.15) is 0 Å². The Balaban J connectivity index is 1.63. The Morgan fingerprint density at radius 1 is 1.29 bits per heavy atom. The van der Waals surface area contributed by atoms with Gasteiger partial charge in [-0.25, -0.2) is 8.78 Å². The number of halogens is 2. The van der Waals surface area contributed by atoms with Crippen molar-refractivity contribution in [3.63, 3.8) is 0 Å². The van der Waals surface area contributed by atoms with E-state index in [9.17, 15) is 18.7 Å². The molecule has 2 aliphatic rings. The van der Waals surface area contributed by atoms with E-state index < -0.39 is 11.6 Å². The van der Waals surface area contributed by atoms with Crippen LogP contribution in [0.5, 0.6) is 5.88 Å². The molecule has 0 radical (unpaired) electrons. The fourth-order valence-corrected chi connectivity index (χ4v) is 3.97. The predicted octanol–water partition coefficient (Wildman–Crippen LogP) is 3.07. The molecule has 1 spiro atoms. The standard InChI is InChI=1S/C17H16F2N2O3/c18-12-3-2-10(6-13(12)19)11-8-21(9-17(11)4-1-5-17)16(23)14-7-15(22)20-24-14/h2-3,6-7,11H,1,4-5,8-9H2,(H,20,22). The molecule has 7 heteroatoms. The van der Waals surface area contributed by atoms with Crippen LogP contribution in [0, 0.1) is 17.0 Å². The first-order valence-corrected chi connectivity index (χ1v) is 7.88. The largest absolute Gasteiger partial charge is 0.491 e. The van der Waals surface area contributed by atoms with E-state index in [-0.39, 0.29) is 28.9 Å². The summed E-state index contributed by atoms with van der Waals surface area (Å²) in [6, 6.07) is 5.14. The van der Waals surface area contributed by atoms with Gasteiger partial charge in [0.25, 0.3) is 11.8 Å². The second-order valence-corrected chi connectivity index (χ2v) is 6.68. The molecule has 24 heavy (non-hydrogen) atoms. The van der Waals surface area contributed by atoms with Gasteiger partial charge in [0.1, 0.15) is 0 Å². The van der Waals surface area contributed by atoms with E-state index in [2.05, 4.69) is 5.16 Å². The molecule has 4 rings (SSSR count). The molecule has 1 aromatic carbocycles. The number of likely N-dealkylation sites (tertiary alicyclic amines) is 1. The van der Waals surface area contributed by atoms with Crippen molar-refractivity contribution in [2.24, 2.45) is 5.41 Å². The van der Waals surface area contributed by atoms with Crippen molar-refractivity contribution in [3.05, 3.63) is 47.2 Å². The highest BCUT2D eigenvalue weighted by atomic mass is 19.2. The molecule has 1 aromatic heterocycles. The third-order valence-electron chi connectivity index (χ3n) is 5.34. The number of aromatic nitrogens is 1. The summed E-state index contributed by atoms with van der Waals surface area (Å²) in [5.41, 5.74) is 0.617. The SMILES string of the molecule is O=C(c1cc(O)no1)N1CC(c2ccc(F)c(F)c2)C2(CCC2)C1. The van der Waals surface area contributed by atoms with Crippen LogP contribution >= 0.6 is 0 Å². The first kappa shape index (κ1) is 15.1. The van der Waals surface area contributed by atoms with E-state index in [1.165, 1.54) is 12.1 Å². The summed E-state index contributed by atoms with van der Waals surface area (Å²) in [4.78, 5) is 14.2. The summed E-state index contributed by atoms with van der Waals surface area (Å²) in [5, 5.41) is 12.6. The van der Waals surface area contributed by atoms with E-state index in [1.807, 2.05) is 0 Å². The molecule has 1 N–H and O–H groups in total. The Morgan fingerprint density at radius 2 is 2.08 bits per heavy atom. The number of carbonyl (C=O) groups is 1. The van der Waals surface area contributed by atoms with Gasteiger partial charge < -0.3 is 14.5 Å². The highest BCUT2D eigenvalue weighted by Crippen LogP contribution is 2.56. The maximum atomic E-state index is 13.6. The smallest absolute Gasteiger partial charge is 0.292 e. The maximum Gasteiger partial charge on any atom is 0.292 e. The lowest BCUT2D eigenvalue weighted by atomic mass is 9.61. The van der Waals surface area contributed by atoms with E-state index in [0.717, 1.165) is 25.3 Å². The number of amides is 1. The van der Waals surface area contributed by atoms with E-state index in [1.54, 1.807) is 11.0 Å². The second kappa shape index (κ2) is 5.29.